The maximum Gasteiger partial charge on any atom is 0.282 e. The zero-order valence-corrected chi connectivity index (χ0v) is 16.8. The molecule has 1 aliphatic rings. The molecule has 28 heavy (non-hydrogen) atoms. The average molecular weight is 405 g/mol. The standard InChI is InChI=1S/C20H24FN3O3S/c1-15-5-3-6-16(2)20(15)22-19(25)14-24-12-4-11-23(28(24,26)27)13-17-7-9-18(21)10-8-17/h3,5-10H,4,11-14H2,1-2H3,(H,22,25). The van der Waals surface area contributed by atoms with Gasteiger partial charge in [-0.15, -0.1) is 0 Å². The van der Waals surface area contributed by atoms with Gasteiger partial charge in [0.05, 0.1) is 6.54 Å². The molecule has 3 rings (SSSR count). The summed E-state index contributed by atoms with van der Waals surface area (Å²) in [6.07, 6.45) is 0.622. The molecule has 1 N–H and O–H groups in total. The van der Waals surface area contributed by atoms with Gasteiger partial charge in [-0.1, -0.05) is 30.3 Å². The van der Waals surface area contributed by atoms with Crippen LogP contribution in [0.2, 0.25) is 0 Å². The van der Waals surface area contributed by atoms with Crippen molar-refractivity contribution in [3.63, 3.8) is 0 Å². The number of hydrogen-bond acceptors (Lipinski definition) is 3. The van der Waals surface area contributed by atoms with Crippen molar-refractivity contribution in [1.29, 1.82) is 0 Å². The first-order chi connectivity index (χ1) is 13.3. The molecule has 0 unspecified atom stereocenters. The van der Waals surface area contributed by atoms with Crippen LogP contribution in [0.4, 0.5) is 10.1 Å². The Labute approximate surface area is 165 Å². The third-order valence-corrected chi connectivity index (χ3v) is 6.73. The summed E-state index contributed by atoms with van der Waals surface area (Å²) >= 11 is 0. The zero-order valence-electron chi connectivity index (χ0n) is 16.0. The Morgan fingerprint density at radius 3 is 2.29 bits per heavy atom. The quantitative estimate of drug-likeness (QED) is 0.832. The summed E-state index contributed by atoms with van der Waals surface area (Å²) in [6, 6.07) is 11.4. The Hall–Kier alpha value is -2.29. The van der Waals surface area contributed by atoms with Crippen molar-refractivity contribution < 1.29 is 17.6 Å². The normalized spacial score (nSPS) is 17.4. The number of anilines is 1. The highest BCUT2D eigenvalue weighted by atomic mass is 32.2. The van der Waals surface area contributed by atoms with Gasteiger partial charge in [0, 0.05) is 25.3 Å². The number of rotatable bonds is 5. The van der Waals surface area contributed by atoms with Gasteiger partial charge in [-0.2, -0.15) is 17.0 Å². The summed E-state index contributed by atoms with van der Waals surface area (Å²) in [6.45, 7) is 4.36. The molecule has 1 amide bonds. The molecule has 0 aromatic heterocycles. The van der Waals surface area contributed by atoms with Gasteiger partial charge in [-0.05, 0) is 49.1 Å². The van der Waals surface area contributed by atoms with E-state index in [-0.39, 0.29) is 24.8 Å². The highest BCUT2D eigenvalue weighted by Gasteiger charge is 2.34. The fraction of sp³-hybridized carbons (Fsp3) is 0.350. The molecule has 1 heterocycles. The number of nitrogens with zero attached hydrogens (tertiary/aromatic N) is 2. The Morgan fingerprint density at radius 1 is 1.04 bits per heavy atom. The van der Waals surface area contributed by atoms with Crippen LogP contribution in [0.3, 0.4) is 0 Å². The minimum absolute atomic E-state index is 0.150. The van der Waals surface area contributed by atoms with Crippen molar-refractivity contribution in [1.82, 2.24) is 8.61 Å². The largest absolute Gasteiger partial charge is 0.324 e. The summed E-state index contributed by atoms with van der Waals surface area (Å²) in [7, 11) is -3.77. The van der Waals surface area contributed by atoms with Gasteiger partial charge in [0.15, 0.2) is 0 Å². The van der Waals surface area contributed by atoms with Crippen LogP contribution in [-0.4, -0.2) is 42.6 Å². The van der Waals surface area contributed by atoms with Crippen LogP contribution < -0.4 is 5.32 Å². The third-order valence-electron chi connectivity index (χ3n) is 4.81. The second-order valence-electron chi connectivity index (χ2n) is 6.97. The number of benzene rings is 2. The second-order valence-corrected chi connectivity index (χ2v) is 8.90. The van der Waals surface area contributed by atoms with E-state index < -0.39 is 10.2 Å². The molecular weight excluding hydrogens is 381 g/mol. The molecule has 8 heteroatoms. The third kappa shape index (κ3) is 4.57. The van der Waals surface area contributed by atoms with Crippen LogP contribution in [0.25, 0.3) is 0 Å². The van der Waals surface area contributed by atoms with Gasteiger partial charge in [0.25, 0.3) is 10.2 Å². The fourth-order valence-corrected chi connectivity index (χ4v) is 4.92. The molecule has 0 spiro atoms. The summed E-state index contributed by atoms with van der Waals surface area (Å²) in [5.41, 5.74) is 3.26. The smallest absolute Gasteiger partial charge is 0.282 e. The first-order valence-electron chi connectivity index (χ1n) is 9.13. The van der Waals surface area contributed by atoms with Crippen LogP contribution in [0.5, 0.6) is 0 Å². The predicted octanol–water partition coefficient (Wildman–Crippen LogP) is 2.83. The van der Waals surface area contributed by atoms with E-state index in [9.17, 15) is 17.6 Å². The molecule has 1 aliphatic heterocycles. The van der Waals surface area contributed by atoms with Crippen molar-refractivity contribution >= 4 is 21.8 Å². The van der Waals surface area contributed by atoms with E-state index >= 15 is 0 Å². The maximum absolute atomic E-state index is 13.1. The minimum Gasteiger partial charge on any atom is -0.324 e. The molecule has 2 aromatic carbocycles. The lowest BCUT2D eigenvalue weighted by molar-refractivity contribution is -0.116. The molecule has 1 fully saturated rings. The molecule has 0 radical (unpaired) electrons. The number of halogens is 1. The van der Waals surface area contributed by atoms with Gasteiger partial charge in [-0.3, -0.25) is 4.79 Å². The first kappa shape index (κ1) is 20.4. The first-order valence-corrected chi connectivity index (χ1v) is 10.5. The molecule has 0 atom stereocenters. The summed E-state index contributed by atoms with van der Waals surface area (Å²) in [4.78, 5) is 12.5. The monoisotopic (exact) mass is 405 g/mol. The van der Waals surface area contributed by atoms with Crippen molar-refractivity contribution in [2.75, 3.05) is 25.0 Å². The Kier molecular flexibility index (Phi) is 6.12. The highest BCUT2D eigenvalue weighted by Crippen LogP contribution is 2.22. The van der Waals surface area contributed by atoms with Crippen molar-refractivity contribution in [2.24, 2.45) is 0 Å². The molecular formula is C20H24FN3O3S. The summed E-state index contributed by atoms with van der Waals surface area (Å²) in [5.74, 6) is -0.736. The average Bonchev–Trinajstić information content (AvgIpc) is 2.64. The minimum atomic E-state index is -3.77. The second kappa shape index (κ2) is 8.38. The Morgan fingerprint density at radius 2 is 1.64 bits per heavy atom. The van der Waals surface area contributed by atoms with Gasteiger partial charge in [0.2, 0.25) is 5.91 Å². The predicted molar refractivity (Wildman–Crippen MR) is 106 cm³/mol. The van der Waals surface area contributed by atoms with E-state index in [1.807, 2.05) is 32.0 Å². The molecule has 150 valence electrons. The van der Waals surface area contributed by atoms with E-state index in [1.165, 1.54) is 20.7 Å². The van der Waals surface area contributed by atoms with Gasteiger partial charge in [-0.25, -0.2) is 4.39 Å². The topological polar surface area (TPSA) is 69.7 Å². The lowest BCUT2D eigenvalue weighted by atomic mass is 10.1. The van der Waals surface area contributed by atoms with E-state index in [0.717, 1.165) is 11.1 Å². The lowest BCUT2D eigenvalue weighted by Crippen LogP contribution is -2.51. The van der Waals surface area contributed by atoms with Crippen LogP contribution in [0.15, 0.2) is 42.5 Å². The highest BCUT2D eigenvalue weighted by molar-refractivity contribution is 7.86. The molecule has 6 nitrogen and oxygen atoms in total. The fourth-order valence-electron chi connectivity index (χ4n) is 3.28. The number of nitrogens with one attached hydrogen (secondary N) is 1. The zero-order chi connectivity index (χ0) is 20.3. The summed E-state index contributed by atoms with van der Waals surface area (Å²) in [5, 5.41) is 2.83. The Bertz CT molecular complexity index is 941. The van der Waals surface area contributed by atoms with Crippen LogP contribution in [0.1, 0.15) is 23.1 Å². The lowest BCUT2D eigenvalue weighted by Gasteiger charge is -2.34. The van der Waals surface area contributed by atoms with Gasteiger partial charge >= 0.3 is 0 Å². The molecule has 0 saturated carbocycles. The molecule has 1 saturated heterocycles. The number of para-hydroxylation sites is 1. The van der Waals surface area contributed by atoms with E-state index in [4.69, 9.17) is 0 Å². The summed E-state index contributed by atoms with van der Waals surface area (Å²) < 4.78 is 41.4. The van der Waals surface area contributed by atoms with Crippen molar-refractivity contribution in [3.8, 4) is 0 Å². The van der Waals surface area contributed by atoms with E-state index in [2.05, 4.69) is 5.32 Å². The van der Waals surface area contributed by atoms with Crippen molar-refractivity contribution in [3.05, 3.63) is 65.0 Å². The van der Waals surface area contributed by atoms with Crippen LogP contribution in [-0.2, 0) is 21.5 Å². The number of carbonyl (C=O) groups is 1. The van der Waals surface area contributed by atoms with Crippen LogP contribution >= 0.6 is 0 Å². The van der Waals surface area contributed by atoms with Crippen molar-refractivity contribution in [2.45, 2.75) is 26.8 Å². The number of aryl methyl sites for hydroxylation is 2. The van der Waals surface area contributed by atoms with Gasteiger partial charge in [0.1, 0.15) is 5.82 Å². The SMILES string of the molecule is Cc1cccc(C)c1NC(=O)CN1CCCN(Cc2ccc(F)cc2)S1(=O)=O. The molecule has 0 aliphatic carbocycles. The Balaban J connectivity index is 1.69. The van der Waals surface area contributed by atoms with Gasteiger partial charge < -0.3 is 5.32 Å². The molecule has 0 bridgehead atoms. The van der Waals surface area contributed by atoms with Crippen LogP contribution in [0, 0.1) is 19.7 Å². The van der Waals surface area contributed by atoms with E-state index in [0.29, 0.717) is 30.8 Å². The number of carbonyl (C=O) groups excluding carboxylic acids is 1. The number of amides is 1. The molecule has 2 aromatic rings. The number of hydrogen-bond donors (Lipinski definition) is 1. The van der Waals surface area contributed by atoms with E-state index in [1.54, 1.807) is 12.1 Å². The maximum atomic E-state index is 13.1.